The molecule has 0 bridgehead atoms. The molecule has 5 rings (SSSR count). The van der Waals surface area contributed by atoms with E-state index in [1.54, 1.807) is 49.9 Å². The zero-order valence-corrected chi connectivity index (χ0v) is 21.9. The molecule has 3 N–H and O–H groups in total. The maximum atomic E-state index is 14.7. The Bertz CT molecular complexity index is 1500. The molecule has 1 atom stereocenters. The Balaban J connectivity index is 1.29. The van der Waals surface area contributed by atoms with E-state index in [0.717, 1.165) is 16.7 Å². The van der Waals surface area contributed by atoms with Gasteiger partial charge in [0, 0.05) is 37.4 Å². The summed E-state index contributed by atoms with van der Waals surface area (Å²) >= 11 is 12.0. The van der Waals surface area contributed by atoms with E-state index < -0.39 is 6.04 Å². The number of benzene rings is 1. The van der Waals surface area contributed by atoms with Crippen molar-refractivity contribution in [1.29, 1.82) is 0 Å². The molecule has 0 aliphatic heterocycles. The molecule has 1 aromatic carbocycles. The Morgan fingerprint density at radius 2 is 1.92 bits per heavy atom. The highest BCUT2D eigenvalue weighted by Crippen LogP contribution is 2.33. The van der Waals surface area contributed by atoms with Gasteiger partial charge in [0.25, 0.3) is 5.91 Å². The summed E-state index contributed by atoms with van der Waals surface area (Å²) in [6.45, 7) is 0. The highest BCUT2D eigenvalue weighted by atomic mass is 35.5. The van der Waals surface area contributed by atoms with E-state index in [-0.39, 0.29) is 21.9 Å². The van der Waals surface area contributed by atoms with Crippen LogP contribution in [-0.2, 0) is 12.8 Å². The average Bonchev–Trinajstić information content (AvgIpc) is 3.10. The van der Waals surface area contributed by atoms with Gasteiger partial charge in [0.05, 0.1) is 28.5 Å². The van der Waals surface area contributed by atoms with Crippen molar-refractivity contribution < 1.29 is 9.18 Å². The molecule has 1 amide bonds. The van der Waals surface area contributed by atoms with Gasteiger partial charge < -0.3 is 10.2 Å². The van der Waals surface area contributed by atoms with Gasteiger partial charge in [-0.2, -0.15) is 0 Å². The molecule has 1 aliphatic rings. The van der Waals surface area contributed by atoms with Gasteiger partial charge in [-0.05, 0) is 72.1 Å². The first-order chi connectivity index (χ1) is 18.4. The van der Waals surface area contributed by atoms with E-state index in [1.165, 1.54) is 23.4 Å². The van der Waals surface area contributed by atoms with E-state index in [0.29, 0.717) is 35.5 Å². The number of thiocarbonyl (C=S) groups is 1. The molecule has 0 spiro atoms. The number of rotatable bonds is 5. The number of anilines is 2. The van der Waals surface area contributed by atoms with Crippen molar-refractivity contribution in [3.63, 3.8) is 0 Å². The number of carbonyl (C=O) groups is 1. The van der Waals surface area contributed by atoms with Gasteiger partial charge in [-0.15, -0.1) is 0 Å². The van der Waals surface area contributed by atoms with E-state index in [9.17, 15) is 9.18 Å². The van der Waals surface area contributed by atoms with Crippen molar-refractivity contribution in [3.05, 3.63) is 112 Å². The molecule has 1 unspecified atom stereocenters. The Hall–Kier alpha value is -4.15. The largest absolute Gasteiger partial charge is 0.350 e. The molecule has 38 heavy (non-hydrogen) atoms. The van der Waals surface area contributed by atoms with Crippen LogP contribution in [0.4, 0.5) is 15.9 Å². The third-order valence-corrected chi connectivity index (χ3v) is 6.87. The smallest absolute Gasteiger partial charge is 0.259 e. The van der Waals surface area contributed by atoms with Crippen molar-refractivity contribution in [1.82, 2.24) is 25.7 Å². The van der Waals surface area contributed by atoms with Gasteiger partial charge in [-0.25, -0.2) is 9.37 Å². The number of carbonyl (C=O) groups excluding carboxylic acids is 1. The second-order valence-corrected chi connectivity index (χ2v) is 9.48. The first-order valence-corrected chi connectivity index (χ1v) is 12.6. The summed E-state index contributed by atoms with van der Waals surface area (Å²) in [7, 11) is 1.63. The van der Waals surface area contributed by atoms with Crippen molar-refractivity contribution in [3.8, 4) is 0 Å². The maximum Gasteiger partial charge on any atom is 0.259 e. The number of amides is 1. The second-order valence-electron chi connectivity index (χ2n) is 8.67. The van der Waals surface area contributed by atoms with Crippen molar-refractivity contribution in [2.45, 2.75) is 18.9 Å². The van der Waals surface area contributed by atoms with Gasteiger partial charge in [0.1, 0.15) is 5.82 Å². The van der Waals surface area contributed by atoms with Crippen molar-refractivity contribution >= 4 is 46.3 Å². The third kappa shape index (κ3) is 5.27. The molecule has 0 fully saturated rings. The van der Waals surface area contributed by atoms with Crippen LogP contribution in [0.2, 0.25) is 5.02 Å². The van der Waals surface area contributed by atoms with Crippen LogP contribution in [0.1, 0.15) is 38.7 Å². The molecular weight excluding hydrogens is 525 g/mol. The summed E-state index contributed by atoms with van der Waals surface area (Å²) in [5, 5.41) is 3.81. The number of aromatic nitrogens is 3. The third-order valence-electron chi connectivity index (χ3n) is 6.36. The molecular formula is C27H23ClFN7OS. The lowest BCUT2D eigenvalue weighted by Crippen LogP contribution is -2.41. The van der Waals surface area contributed by atoms with Crippen LogP contribution in [0.3, 0.4) is 0 Å². The SMILES string of the molecule is CN(C(=O)c1cccnc1)c1cnc(NNC(=S)NC2c3cnccc3CCc3c(F)cccc32)c(Cl)c1. The van der Waals surface area contributed by atoms with Crippen molar-refractivity contribution in [2.24, 2.45) is 0 Å². The lowest BCUT2D eigenvalue weighted by atomic mass is 9.96. The van der Waals surface area contributed by atoms with Gasteiger partial charge in [0.15, 0.2) is 10.9 Å². The van der Waals surface area contributed by atoms with E-state index in [4.69, 9.17) is 23.8 Å². The standard InChI is InChI=1S/C27H23ClFN7OS/c1-36(26(37)17-4-3-10-30-13-17)18-12-22(28)25(32-14-18)34-35-27(38)33-24-20-5-2-6-23(29)19(20)8-7-16-9-11-31-15-21(16)24/h2-6,9-15,24H,7-8H2,1H3,(H,32,34)(H2,33,35,38). The minimum atomic E-state index is -0.397. The number of hydrogen-bond acceptors (Lipinski definition) is 6. The number of pyridine rings is 3. The number of hydrazine groups is 1. The van der Waals surface area contributed by atoms with Crippen LogP contribution in [0.5, 0.6) is 0 Å². The Morgan fingerprint density at radius 3 is 2.71 bits per heavy atom. The minimum Gasteiger partial charge on any atom is -0.350 e. The van der Waals surface area contributed by atoms with Crippen molar-refractivity contribution in [2.75, 3.05) is 17.4 Å². The monoisotopic (exact) mass is 547 g/mol. The summed E-state index contributed by atoms with van der Waals surface area (Å²) in [5.74, 6) is -0.165. The van der Waals surface area contributed by atoms with Crippen LogP contribution in [0, 0.1) is 5.82 Å². The van der Waals surface area contributed by atoms with Gasteiger partial charge >= 0.3 is 0 Å². The van der Waals surface area contributed by atoms with Gasteiger partial charge in [-0.3, -0.25) is 25.6 Å². The number of aryl methyl sites for hydroxylation is 1. The Labute approximate surface area is 229 Å². The molecule has 1 aliphatic carbocycles. The number of fused-ring (bicyclic) bond motifs is 2. The number of hydrogen-bond donors (Lipinski definition) is 3. The quantitative estimate of drug-likeness (QED) is 0.246. The highest BCUT2D eigenvalue weighted by Gasteiger charge is 2.26. The normalized spacial score (nSPS) is 13.9. The summed E-state index contributed by atoms with van der Waals surface area (Å²) in [4.78, 5) is 26.7. The highest BCUT2D eigenvalue weighted by molar-refractivity contribution is 7.80. The topological polar surface area (TPSA) is 95.1 Å². The minimum absolute atomic E-state index is 0.241. The van der Waals surface area contributed by atoms with Gasteiger partial charge in [-0.1, -0.05) is 23.7 Å². The fraction of sp³-hybridized carbons (Fsp3) is 0.148. The number of nitrogens with zero attached hydrogens (tertiary/aromatic N) is 4. The molecule has 4 aromatic rings. The Morgan fingerprint density at radius 1 is 1.08 bits per heavy atom. The van der Waals surface area contributed by atoms with Crippen LogP contribution in [0.15, 0.2) is 73.4 Å². The molecule has 192 valence electrons. The Kier molecular flexibility index (Phi) is 7.43. The first kappa shape index (κ1) is 25.5. The van der Waals surface area contributed by atoms with E-state index >= 15 is 0 Å². The second kappa shape index (κ2) is 11.1. The lowest BCUT2D eigenvalue weighted by molar-refractivity contribution is 0.0992. The van der Waals surface area contributed by atoms with E-state index in [1.807, 2.05) is 12.1 Å². The average molecular weight is 548 g/mol. The molecule has 0 saturated heterocycles. The fourth-order valence-corrected chi connectivity index (χ4v) is 4.78. The summed E-state index contributed by atoms with van der Waals surface area (Å²) in [5.41, 5.74) is 10.2. The first-order valence-electron chi connectivity index (χ1n) is 11.8. The molecule has 0 radical (unpaired) electrons. The van der Waals surface area contributed by atoms with Crippen LogP contribution in [0.25, 0.3) is 0 Å². The van der Waals surface area contributed by atoms with Gasteiger partial charge in [0.2, 0.25) is 0 Å². The molecule has 0 saturated carbocycles. The van der Waals surface area contributed by atoms with Crippen LogP contribution in [-0.4, -0.2) is 33.0 Å². The molecule has 11 heteroatoms. The number of halogens is 2. The zero-order chi connectivity index (χ0) is 26.6. The van der Waals surface area contributed by atoms with Crippen LogP contribution >= 0.6 is 23.8 Å². The van der Waals surface area contributed by atoms with E-state index in [2.05, 4.69) is 31.1 Å². The maximum absolute atomic E-state index is 14.7. The molecule has 3 heterocycles. The molecule has 8 nitrogen and oxygen atoms in total. The predicted octanol–water partition coefficient (Wildman–Crippen LogP) is 4.62. The molecule has 3 aromatic heterocycles. The zero-order valence-electron chi connectivity index (χ0n) is 20.3. The summed E-state index contributed by atoms with van der Waals surface area (Å²) in [6, 6.07) is 11.6. The summed E-state index contributed by atoms with van der Waals surface area (Å²) in [6.07, 6.45) is 9.42. The lowest BCUT2D eigenvalue weighted by Gasteiger charge is -2.24. The van der Waals surface area contributed by atoms with Crippen LogP contribution < -0.4 is 21.1 Å². The number of nitrogens with one attached hydrogen (secondary N) is 3. The summed E-state index contributed by atoms with van der Waals surface area (Å²) < 4.78 is 14.7. The fourth-order valence-electron chi connectivity index (χ4n) is 4.40. The predicted molar refractivity (Wildman–Crippen MR) is 149 cm³/mol.